The molecule has 2 amide bonds. The molecule has 1 N–H and O–H groups in total. The summed E-state index contributed by atoms with van der Waals surface area (Å²) in [6.07, 6.45) is 2.87. The molecule has 34 heavy (non-hydrogen) atoms. The summed E-state index contributed by atoms with van der Waals surface area (Å²) < 4.78 is 27.5. The van der Waals surface area contributed by atoms with E-state index in [-0.39, 0.29) is 12.5 Å². The number of carbonyl (C=O) groups is 2. The predicted octanol–water partition coefficient (Wildman–Crippen LogP) is 4.17. The van der Waals surface area contributed by atoms with Crippen molar-refractivity contribution in [3.63, 3.8) is 0 Å². The number of hydrogen-bond donors (Lipinski definition) is 1. The molecule has 2 rings (SSSR count). The van der Waals surface area contributed by atoms with Crippen molar-refractivity contribution < 1.29 is 18.0 Å². The first kappa shape index (κ1) is 27.9. The molecule has 0 aliphatic rings. The molecule has 9 heteroatoms. The molecule has 0 radical (unpaired) electrons. The SMILES string of the molecule is CCCCNC(=O)C(C)N(Cc1ccc(Br)cc1)C(=O)CN(c1c(C)cccc1C)S(C)(=O)=O. The summed E-state index contributed by atoms with van der Waals surface area (Å²) in [5.41, 5.74) is 2.83. The predicted molar refractivity (Wildman–Crippen MR) is 140 cm³/mol. The number of nitrogens with zero attached hydrogens (tertiary/aromatic N) is 2. The number of aryl methyl sites for hydroxylation is 2. The van der Waals surface area contributed by atoms with Gasteiger partial charge >= 0.3 is 0 Å². The Bertz CT molecular complexity index is 1080. The third-order valence-corrected chi connectivity index (χ3v) is 7.27. The van der Waals surface area contributed by atoms with Crippen LogP contribution in [-0.4, -0.2) is 50.5 Å². The van der Waals surface area contributed by atoms with E-state index in [4.69, 9.17) is 0 Å². The number of nitrogens with one attached hydrogen (secondary N) is 1. The smallest absolute Gasteiger partial charge is 0.244 e. The first-order valence-corrected chi connectivity index (χ1v) is 13.9. The van der Waals surface area contributed by atoms with Gasteiger partial charge in [-0.25, -0.2) is 8.42 Å². The van der Waals surface area contributed by atoms with E-state index in [0.717, 1.165) is 44.6 Å². The normalized spacial score (nSPS) is 12.2. The van der Waals surface area contributed by atoms with E-state index < -0.39 is 28.5 Å². The van der Waals surface area contributed by atoms with E-state index in [9.17, 15) is 18.0 Å². The number of benzene rings is 2. The molecule has 0 aromatic heterocycles. The molecule has 0 fully saturated rings. The molecular formula is C25H34BrN3O4S. The number of sulfonamides is 1. The molecule has 186 valence electrons. The van der Waals surface area contributed by atoms with Crippen molar-refractivity contribution in [2.24, 2.45) is 0 Å². The Morgan fingerprint density at radius 3 is 2.18 bits per heavy atom. The molecule has 7 nitrogen and oxygen atoms in total. The lowest BCUT2D eigenvalue weighted by Gasteiger charge is -2.32. The first-order valence-electron chi connectivity index (χ1n) is 11.3. The van der Waals surface area contributed by atoms with Gasteiger partial charge in [0.2, 0.25) is 21.8 Å². The second-order valence-electron chi connectivity index (χ2n) is 8.48. The average Bonchev–Trinajstić information content (AvgIpc) is 2.76. The molecular weight excluding hydrogens is 518 g/mol. The molecule has 0 aliphatic carbocycles. The maximum atomic E-state index is 13.6. The Morgan fingerprint density at radius 2 is 1.65 bits per heavy atom. The number of carbonyl (C=O) groups excluding carboxylic acids is 2. The molecule has 2 aromatic carbocycles. The number of amides is 2. The van der Waals surface area contributed by atoms with Crippen LogP contribution in [0.5, 0.6) is 0 Å². The molecule has 1 atom stereocenters. The minimum Gasteiger partial charge on any atom is -0.354 e. The van der Waals surface area contributed by atoms with Crippen molar-refractivity contribution in [3.05, 3.63) is 63.6 Å². The number of para-hydroxylation sites is 1. The highest BCUT2D eigenvalue weighted by atomic mass is 79.9. The quantitative estimate of drug-likeness (QED) is 0.424. The zero-order valence-electron chi connectivity index (χ0n) is 20.5. The lowest BCUT2D eigenvalue weighted by Crippen LogP contribution is -2.51. The highest BCUT2D eigenvalue weighted by Gasteiger charge is 2.31. The number of anilines is 1. The number of unbranched alkanes of at least 4 members (excludes halogenated alkanes) is 1. The highest BCUT2D eigenvalue weighted by molar-refractivity contribution is 9.10. The fourth-order valence-electron chi connectivity index (χ4n) is 3.68. The van der Waals surface area contributed by atoms with E-state index in [1.54, 1.807) is 6.92 Å². The van der Waals surface area contributed by atoms with Gasteiger partial charge in [-0.05, 0) is 56.0 Å². The van der Waals surface area contributed by atoms with Gasteiger partial charge in [0.1, 0.15) is 12.6 Å². The van der Waals surface area contributed by atoms with Gasteiger partial charge in [-0.2, -0.15) is 0 Å². The van der Waals surface area contributed by atoms with Crippen LogP contribution in [0.15, 0.2) is 46.9 Å². The standard InChI is InChI=1S/C25H34BrN3O4S/c1-6-7-15-27-25(31)20(4)28(16-21-11-13-22(26)14-12-21)23(30)17-29(34(5,32)33)24-18(2)9-8-10-19(24)3/h8-14,20H,6-7,15-17H2,1-5H3,(H,27,31). The fraction of sp³-hybridized carbons (Fsp3) is 0.440. The van der Waals surface area contributed by atoms with E-state index >= 15 is 0 Å². The van der Waals surface area contributed by atoms with Gasteiger partial charge in [0, 0.05) is 17.6 Å². The molecule has 0 saturated carbocycles. The van der Waals surface area contributed by atoms with Crippen molar-refractivity contribution in [3.8, 4) is 0 Å². The summed E-state index contributed by atoms with van der Waals surface area (Å²) >= 11 is 3.40. The maximum absolute atomic E-state index is 13.6. The van der Waals surface area contributed by atoms with Crippen molar-refractivity contribution >= 4 is 43.5 Å². The Labute approximate surface area is 211 Å². The number of hydrogen-bond acceptors (Lipinski definition) is 4. The molecule has 0 heterocycles. The van der Waals surface area contributed by atoms with Crippen LogP contribution in [0.25, 0.3) is 0 Å². The van der Waals surface area contributed by atoms with Crippen molar-refractivity contribution in [2.75, 3.05) is 23.7 Å². The van der Waals surface area contributed by atoms with Gasteiger partial charge in [0.25, 0.3) is 0 Å². The largest absolute Gasteiger partial charge is 0.354 e. The second kappa shape index (κ2) is 12.4. The molecule has 0 aliphatic heterocycles. The Hall–Kier alpha value is -2.39. The topological polar surface area (TPSA) is 86.8 Å². The molecule has 0 bridgehead atoms. The van der Waals surface area contributed by atoms with Gasteiger partial charge in [0.05, 0.1) is 11.9 Å². The summed E-state index contributed by atoms with van der Waals surface area (Å²) in [5, 5.41) is 2.87. The third-order valence-electron chi connectivity index (χ3n) is 5.63. The zero-order valence-corrected chi connectivity index (χ0v) is 22.9. The van der Waals surface area contributed by atoms with Crippen LogP contribution in [-0.2, 0) is 26.2 Å². The monoisotopic (exact) mass is 551 g/mol. The number of rotatable bonds is 11. The Morgan fingerprint density at radius 1 is 1.06 bits per heavy atom. The van der Waals surface area contributed by atoms with Gasteiger partial charge in [-0.15, -0.1) is 0 Å². The van der Waals surface area contributed by atoms with Crippen LogP contribution < -0.4 is 9.62 Å². The van der Waals surface area contributed by atoms with Crippen LogP contribution in [0.2, 0.25) is 0 Å². The van der Waals surface area contributed by atoms with Crippen LogP contribution in [0.1, 0.15) is 43.4 Å². The first-order chi connectivity index (χ1) is 16.0. The summed E-state index contributed by atoms with van der Waals surface area (Å²) in [7, 11) is -3.75. The lowest BCUT2D eigenvalue weighted by molar-refractivity contribution is -0.139. The Balaban J connectivity index is 2.39. The minimum absolute atomic E-state index is 0.179. The van der Waals surface area contributed by atoms with E-state index in [2.05, 4.69) is 21.2 Å². The summed E-state index contributed by atoms with van der Waals surface area (Å²) in [6.45, 7) is 7.64. The van der Waals surface area contributed by atoms with E-state index in [0.29, 0.717) is 12.2 Å². The maximum Gasteiger partial charge on any atom is 0.244 e. The van der Waals surface area contributed by atoms with Gasteiger partial charge in [-0.3, -0.25) is 13.9 Å². The second-order valence-corrected chi connectivity index (χ2v) is 11.3. The summed E-state index contributed by atoms with van der Waals surface area (Å²) in [4.78, 5) is 27.8. The van der Waals surface area contributed by atoms with Gasteiger partial charge < -0.3 is 10.2 Å². The summed E-state index contributed by atoms with van der Waals surface area (Å²) in [5.74, 6) is -0.717. The van der Waals surface area contributed by atoms with Crippen LogP contribution in [0.4, 0.5) is 5.69 Å². The molecule has 1 unspecified atom stereocenters. The zero-order chi connectivity index (χ0) is 25.5. The average molecular weight is 553 g/mol. The van der Waals surface area contributed by atoms with Crippen molar-refractivity contribution in [2.45, 2.75) is 53.1 Å². The molecule has 2 aromatic rings. The summed E-state index contributed by atoms with van der Waals surface area (Å²) in [6, 6.07) is 12.2. The Kier molecular flexibility index (Phi) is 10.1. The van der Waals surface area contributed by atoms with Crippen LogP contribution >= 0.6 is 15.9 Å². The van der Waals surface area contributed by atoms with Gasteiger partial charge in [0.15, 0.2) is 0 Å². The molecule has 0 saturated heterocycles. The molecule has 0 spiro atoms. The van der Waals surface area contributed by atoms with Crippen LogP contribution in [0, 0.1) is 13.8 Å². The third kappa shape index (κ3) is 7.56. The van der Waals surface area contributed by atoms with E-state index in [1.165, 1.54) is 4.90 Å². The number of halogens is 1. The highest BCUT2D eigenvalue weighted by Crippen LogP contribution is 2.27. The lowest BCUT2D eigenvalue weighted by atomic mass is 10.1. The fourth-order valence-corrected chi connectivity index (χ4v) is 4.91. The van der Waals surface area contributed by atoms with E-state index in [1.807, 2.05) is 63.2 Å². The van der Waals surface area contributed by atoms with Crippen molar-refractivity contribution in [1.29, 1.82) is 0 Å². The minimum atomic E-state index is -3.75. The van der Waals surface area contributed by atoms with Crippen LogP contribution in [0.3, 0.4) is 0 Å². The van der Waals surface area contributed by atoms with Gasteiger partial charge in [-0.1, -0.05) is 59.6 Å². The van der Waals surface area contributed by atoms with Crippen molar-refractivity contribution in [1.82, 2.24) is 10.2 Å².